The Hall–Kier alpha value is -3.99. The molecule has 3 heterocycles. The molecule has 0 bridgehead atoms. The zero-order valence-electron chi connectivity index (χ0n) is 16.8. The molecule has 1 atom stereocenters. The van der Waals surface area contributed by atoms with Crippen LogP contribution in [0.4, 0.5) is 19.0 Å². The molecule has 0 saturated carbocycles. The topological polar surface area (TPSA) is 101 Å². The van der Waals surface area contributed by atoms with Crippen LogP contribution >= 0.6 is 11.6 Å². The number of hydrogen-bond acceptors (Lipinski definition) is 6. The average Bonchev–Trinajstić information content (AvgIpc) is 3.28. The lowest BCUT2D eigenvalue weighted by atomic mass is 10.2. The van der Waals surface area contributed by atoms with Crippen LogP contribution in [0, 0.1) is 17.5 Å². The molecule has 0 aliphatic heterocycles. The Balaban J connectivity index is 1.77. The van der Waals surface area contributed by atoms with Crippen LogP contribution in [0.5, 0.6) is 0 Å². The third kappa shape index (κ3) is 3.37. The summed E-state index contributed by atoms with van der Waals surface area (Å²) in [7, 11) is 0. The first kappa shape index (κ1) is 20.9. The highest BCUT2D eigenvalue weighted by Gasteiger charge is 2.24. The van der Waals surface area contributed by atoms with Gasteiger partial charge in [0, 0.05) is 0 Å². The first-order chi connectivity index (χ1) is 15.9. The van der Waals surface area contributed by atoms with Gasteiger partial charge in [0.25, 0.3) is 5.56 Å². The summed E-state index contributed by atoms with van der Waals surface area (Å²) in [5.74, 6) is -2.92. The van der Waals surface area contributed by atoms with Crippen LogP contribution in [0.1, 0.15) is 18.8 Å². The van der Waals surface area contributed by atoms with Gasteiger partial charge in [0.05, 0.1) is 34.0 Å². The number of aromatic nitrogens is 6. The van der Waals surface area contributed by atoms with Gasteiger partial charge in [-0.2, -0.15) is 0 Å². The Morgan fingerprint density at radius 3 is 2.73 bits per heavy atom. The number of nitrogens with one attached hydrogen (secondary N) is 2. The van der Waals surface area contributed by atoms with Gasteiger partial charge in [-0.3, -0.25) is 9.36 Å². The maximum absolute atomic E-state index is 14.8. The molecule has 33 heavy (non-hydrogen) atoms. The van der Waals surface area contributed by atoms with Gasteiger partial charge in [-0.15, -0.1) is 0 Å². The maximum Gasteiger partial charge on any atom is 0.267 e. The number of benzene rings is 2. The van der Waals surface area contributed by atoms with E-state index < -0.39 is 39.8 Å². The van der Waals surface area contributed by atoms with E-state index in [1.165, 1.54) is 30.9 Å². The molecule has 166 valence electrons. The molecule has 12 heteroatoms. The van der Waals surface area contributed by atoms with E-state index in [4.69, 9.17) is 11.6 Å². The molecule has 2 N–H and O–H groups in total. The van der Waals surface area contributed by atoms with Gasteiger partial charge in [0.1, 0.15) is 23.5 Å². The molecule has 0 saturated heterocycles. The molecule has 3 aromatic heterocycles. The van der Waals surface area contributed by atoms with Gasteiger partial charge in [-0.25, -0.2) is 33.1 Å². The van der Waals surface area contributed by atoms with Crippen LogP contribution in [-0.2, 0) is 0 Å². The van der Waals surface area contributed by atoms with Gasteiger partial charge in [-0.1, -0.05) is 17.7 Å². The number of fused-ring (bicyclic) bond motifs is 2. The number of imidazole rings is 1. The van der Waals surface area contributed by atoms with E-state index in [1.807, 2.05) is 0 Å². The minimum atomic E-state index is -1.27. The van der Waals surface area contributed by atoms with Gasteiger partial charge in [-0.05, 0) is 31.2 Å². The molecule has 0 radical (unpaired) electrons. The normalized spacial score (nSPS) is 12.4. The van der Waals surface area contributed by atoms with Crippen molar-refractivity contribution in [2.75, 3.05) is 5.32 Å². The second kappa shape index (κ2) is 7.85. The lowest BCUT2D eigenvalue weighted by molar-refractivity contribution is 0.501. The molecule has 2 aromatic carbocycles. The van der Waals surface area contributed by atoms with Crippen LogP contribution in [0.15, 0.2) is 47.8 Å². The summed E-state index contributed by atoms with van der Waals surface area (Å²) in [6, 6.07) is 4.98. The summed E-state index contributed by atoms with van der Waals surface area (Å²) in [4.78, 5) is 33.1. The largest absolute Gasteiger partial charge is 0.358 e. The van der Waals surface area contributed by atoms with Crippen molar-refractivity contribution in [3.8, 4) is 5.69 Å². The number of hydrogen-bond donors (Lipinski definition) is 2. The average molecular weight is 472 g/mol. The molecule has 0 aliphatic rings. The molecule has 5 rings (SSSR count). The highest BCUT2D eigenvalue weighted by molar-refractivity contribution is 6.35. The van der Waals surface area contributed by atoms with Crippen molar-refractivity contribution in [2.45, 2.75) is 13.0 Å². The van der Waals surface area contributed by atoms with E-state index in [9.17, 15) is 18.0 Å². The summed E-state index contributed by atoms with van der Waals surface area (Å²) in [5.41, 5.74) is -0.255. The predicted octanol–water partition coefficient (Wildman–Crippen LogP) is 4.30. The van der Waals surface area contributed by atoms with Crippen molar-refractivity contribution in [1.29, 1.82) is 0 Å². The number of rotatable bonds is 4. The fourth-order valence-corrected chi connectivity index (χ4v) is 3.80. The highest BCUT2D eigenvalue weighted by Crippen LogP contribution is 2.28. The van der Waals surface area contributed by atoms with Gasteiger partial charge < -0.3 is 10.3 Å². The van der Waals surface area contributed by atoms with E-state index in [0.29, 0.717) is 17.0 Å². The Labute approximate surface area is 188 Å². The Morgan fingerprint density at radius 2 is 1.91 bits per heavy atom. The third-order valence-electron chi connectivity index (χ3n) is 5.08. The second-order valence-electron chi connectivity index (χ2n) is 7.13. The summed E-state index contributed by atoms with van der Waals surface area (Å²) in [6.45, 7) is 1.65. The van der Waals surface area contributed by atoms with Crippen LogP contribution in [-0.4, -0.2) is 29.5 Å². The van der Waals surface area contributed by atoms with E-state index in [2.05, 4.69) is 30.2 Å². The van der Waals surface area contributed by atoms with E-state index in [1.54, 1.807) is 6.92 Å². The highest BCUT2D eigenvalue weighted by atomic mass is 35.5. The first-order valence-corrected chi connectivity index (χ1v) is 10.00. The number of H-pyrrole nitrogens is 1. The number of anilines is 1. The Bertz CT molecular complexity index is 1600. The molecule has 0 spiro atoms. The zero-order chi connectivity index (χ0) is 23.3. The van der Waals surface area contributed by atoms with Crippen molar-refractivity contribution in [2.24, 2.45) is 0 Å². The SMILES string of the molecule is C[C@@H](Nc1ncnc2[nH]cnc12)c1nc2ccc(F)c(Cl)c2c(=O)n1-c1cccc(F)c1F. The fourth-order valence-electron chi connectivity index (χ4n) is 3.55. The molecule has 0 fully saturated rings. The summed E-state index contributed by atoms with van der Waals surface area (Å²) in [5, 5.41) is 2.35. The Kier molecular flexibility index (Phi) is 4.97. The third-order valence-corrected chi connectivity index (χ3v) is 5.45. The maximum atomic E-state index is 14.8. The monoisotopic (exact) mass is 471 g/mol. The number of nitrogens with zero attached hydrogens (tertiary/aromatic N) is 5. The van der Waals surface area contributed by atoms with E-state index >= 15 is 0 Å². The second-order valence-corrected chi connectivity index (χ2v) is 7.51. The molecule has 0 amide bonds. The van der Waals surface area contributed by atoms with Crippen molar-refractivity contribution in [3.63, 3.8) is 0 Å². The summed E-state index contributed by atoms with van der Waals surface area (Å²) >= 11 is 6.04. The van der Waals surface area contributed by atoms with Gasteiger partial charge in [0.2, 0.25) is 0 Å². The minimum Gasteiger partial charge on any atom is -0.358 e. The molecular formula is C21H13ClF3N7O. The molecule has 0 unspecified atom stereocenters. The van der Waals surface area contributed by atoms with Crippen molar-refractivity contribution in [1.82, 2.24) is 29.5 Å². The fraction of sp³-hybridized carbons (Fsp3) is 0.0952. The number of aromatic amines is 1. The van der Waals surface area contributed by atoms with Crippen LogP contribution < -0.4 is 10.9 Å². The van der Waals surface area contributed by atoms with Crippen LogP contribution in [0.25, 0.3) is 27.8 Å². The zero-order valence-corrected chi connectivity index (χ0v) is 17.5. The number of halogens is 4. The first-order valence-electron chi connectivity index (χ1n) is 9.62. The van der Waals surface area contributed by atoms with Crippen molar-refractivity contribution in [3.05, 3.63) is 81.6 Å². The quantitative estimate of drug-likeness (QED) is 0.405. The molecule has 0 aliphatic carbocycles. The van der Waals surface area contributed by atoms with Gasteiger partial charge in [0.15, 0.2) is 23.1 Å². The minimum absolute atomic E-state index is 0.0157. The molecule has 8 nitrogen and oxygen atoms in total. The molecule has 5 aromatic rings. The lowest BCUT2D eigenvalue weighted by Gasteiger charge is -2.20. The predicted molar refractivity (Wildman–Crippen MR) is 116 cm³/mol. The van der Waals surface area contributed by atoms with Crippen LogP contribution in [0.3, 0.4) is 0 Å². The van der Waals surface area contributed by atoms with E-state index in [-0.39, 0.29) is 16.7 Å². The standard InChI is InChI=1S/C21H13ClF3N7O/c1-9(30-19-17-18(27-7-26-17)28-8-29-19)20-31-12-6-5-10(23)15(22)14(12)21(33)32(20)13-4-2-3-11(24)16(13)25/h2-9H,1H3,(H2,26,27,28,29,30)/t9-/m1/s1. The van der Waals surface area contributed by atoms with Crippen molar-refractivity contribution >= 4 is 39.5 Å². The molecular weight excluding hydrogens is 459 g/mol. The van der Waals surface area contributed by atoms with E-state index in [0.717, 1.165) is 16.7 Å². The Morgan fingerprint density at radius 1 is 1.09 bits per heavy atom. The summed E-state index contributed by atoms with van der Waals surface area (Å²) < 4.78 is 43.8. The van der Waals surface area contributed by atoms with Crippen molar-refractivity contribution < 1.29 is 13.2 Å². The van der Waals surface area contributed by atoms with Crippen LogP contribution in [0.2, 0.25) is 5.02 Å². The lowest BCUT2D eigenvalue weighted by Crippen LogP contribution is -2.28. The summed E-state index contributed by atoms with van der Waals surface area (Å²) in [6.07, 6.45) is 2.75. The smallest absolute Gasteiger partial charge is 0.267 e. The van der Waals surface area contributed by atoms with Gasteiger partial charge >= 0.3 is 0 Å².